The van der Waals surface area contributed by atoms with Gasteiger partial charge in [-0.2, -0.15) is 0 Å². The average molecular weight is 230 g/mol. The van der Waals surface area contributed by atoms with Gasteiger partial charge in [-0.1, -0.05) is 6.92 Å². The Hall–Kier alpha value is -1.14. The van der Waals surface area contributed by atoms with Crippen LogP contribution in [0.4, 0.5) is 0 Å². The van der Waals surface area contributed by atoms with E-state index in [4.69, 9.17) is 15.6 Å². The second-order valence-corrected chi connectivity index (χ2v) is 4.08. The lowest BCUT2D eigenvalue weighted by atomic mass is 9.98. The third-order valence-electron chi connectivity index (χ3n) is 2.58. The molecule has 1 heterocycles. The molecule has 3 N–H and O–H groups in total. The van der Waals surface area contributed by atoms with E-state index in [0.717, 1.165) is 0 Å². The summed E-state index contributed by atoms with van der Waals surface area (Å²) in [6, 6.07) is 0. The molecular formula is C10H18N2O4. The van der Waals surface area contributed by atoms with Crippen LogP contribution in [0, 0.1) is 0 Å². The molecule has 0 aromatic heterocycles. The molecule has 1 fully saturated rings. The molecule has 1 aliphatic rings. The molecule has 0 bridgehead atoms. The van der Waals surface area contributed by atoms with E-state index in [-0.39, 0.29) is 19.1 Å². The van der Waals surface area contributed by atoms with E-state index in [0.29, 0.717) is 26.0 Å². The van der Waals surface area contributed by atoms with Gasteiger partial charge in [0.15, 0.2) is 0 Å². The molecule has 1 amide bonds. The molecule has 1 saturated heterocycles. The molecule has 6 nitrogen and oxygen atoms in total. The molecule has 6 heteroatoms. The summed E-state index contributed by atoms with van der Waals surface area (Å²) in [4.78, 5) is 24.0. The van der Waals surface area contributed by atoms with E-state index in [1.165, 1.54) is 4.90 Å². The lowest BCUT2D eigenvalue weighted by molar-refractivity contribution is -0.147. The molecule has 0 aliphatic carbocycles. The minimum atomic E-state index is -1.04. The lowest BCUT2D eigenvalue weighted by Crippen LogP contribution is -2.57. The minimum Gasteiger partial charge on any atom is -0.480 e. The smallest absolute Gasteiger partial charge is 0.323 e. The van der Waals surface area contributed by atoms with Crippen molar-refractivity contribution in [3.8, 4) is 0 Å². The van der Waals surface area contributed by atoms with E-state index in [1.807, 2.05) is 6.92 Å². The SMILES string of the molecule is CCCN(CC(=O)O)C(=O)C1(N)CCOC1. The minimum absolute atomic E-state index is 0.172. The standard InChI is InChI=1S/C10H18N2O4/c1-2-4-12(6-8(13)14)9(15)10(11)3-5-16-7-10/h2-7,11H2,1H3,(H,13,14). The fourth-order valence-corrected chi connectivity index (χ4v) is 1.75. The van der Waals surface area contributed by atoms with Crippen molar-refractivity contribution >= 4 is 11.9 Å². The molecule has 1 atom stereocenters. The number of hydrogen-bond acceptors (Lipinski definition) is 4. The first-order valence-corrected chi connectivity index (χ1v) is 5.37. The van der Waals surface area contributed by atoms with Crippen LogP contribution in [0.25, 0.3) is 0 Å². The molecule has 0 spiro atoms. The highest BCUT2D eigenvalue weighted by atomic mass is 16.5. The molecule has 16 heavy (non-hydrogen) atoms. The number of carboxylic acid groups (broad SMARTS) is 1. The number of carboxylic acids is 1. The third-order valence-corrected chi connectivity index (χ3v) is 2.58. The maximum absolute atomic E-state index is 12.1. The number of amides is 1. The topological polar surface area (TPSA) is 92.9 Å². The Kier molecular flexibility index (Phi) is 4.26. The summed E-state index contributed by atoms with van der Waals surface area (Å²) >= 11 is 0. The molecule has 92 valence electrons. The number of carbonyl (C=O) groups excluding carboxylic acids is 1. The van der Waals surface area contributed by atoms with Gasteiger partial charge < -0.3 is 20.5 Å². The number of aliphatic carboxylic acids is 1. The van der Waals surface area contributed by atoms with Crippen molar-refractivity contribution in [1.29, 1.82) is 0 Å². The zero-order valence-electron chi connectivity index (χ0n) is 9.44. The van der Waals surface area contributed by atoms with E-state index in [2.05, 4.69) is 0 Å². The van der Waals surface area contributed by atoms with Crippen LogP contribution in [-0.4, -0.2) is 53.7 Å². The van der Waals surface area contributed by atoms with Gasteiger partial charge >= 0.3 is 5.97 Å². The fourth-order valence-electron chi connectivity index (χ4n) is 1.75. The van der Waals surface area contributed by atoms with E-state index in [1.54, 1.807) is 0 Å². The Balaban J connectivity index is 2.69. The predicted molar refractivity (Wildman–Crippen MR) is 56.9 cm³/mol. The summed E-state index contributed by atoms with van der Waals surface area (Å²) in [7, 11) is 0. The Morgan fingerprint density at radius 3 is 2.69 bits per heavy atom. The molecule has 1 unspecified atom stereocenters. The van der Waals surface area contributed by atoms with Crippen LogP contribution < -0.4 is 5.73 Å². The van der Waals surface area contributed by atoms with Gasteiger partial charge in [0.2, 0.25) is 5.91 Å². The number of ether oxygens (including phenoxy) is 1. The zero-order chi connectivity index (χ0) is 12.2. The molecule has 0 aromatic rings. The number of nitrogens with two attached hydrogens (primary N) is 1. The first-order valence-electron chi connectivity index (χ1n) is 5.37. The Morgan fingerprint density at radius 2 is 2.25 bits per heavy atom. The summed E-state index contributed by atoms with van der Waals surface area (Å²) < 4.78 is 5.09. The molecule has 1 rings (SSSR count). The summed E-state index contributed by atoms with van der Waals surface area (Å²) in [5.74, 6) is -1.35. The van der Waals surface area contributed by atoms with E-state index < -0.39 is 11.5 Å². The highest BCUT2D eigenvalue weighted by Gasteiger charge is 2.41. The quantitative estimate of drug-likeness (QED) is 0.659. The third kappa shape index (κ3) is 2.93. The number of rotatable bonds is 5. The van der Waals surface area contributed by atoms with Crippen LogP contribution in [0.15, 0.2) is 0 Å². The highest BCUT2D eigenvalue weighted by molar-refractivity contribution is 5.89. The van der Waals surface area contributed by atoms with Crippen molar-refractivity contribution in [3.63, 3.8) is 0 Å². The van der Waals surface area contributed by atoms with Crippen molar-refractivity contribution < 1.29 is 19.4 Å². The molecule has 0 radical (unpaired) electrons. The highest BCUT2D eigenvalue weighted by Crippen LogP contribution is 2.18. The summed E-state index contributed by atoms with van der Waals surface area (Å²) in [5, 5.41) is 8.72. The normalized spacial score (nSPS) is 24.4. The van der Waals surface area contributed by atoms with Gasteiger partial charge in [-0.05, 0) is 12.8 Å². The van der Waals surface area contributed by atoms with Crippen LogP contribution >= 0.6 is 0 Å². The van der Waals surface area contributed by atoms with Crippen molar-refractivity contribution in [1.82, 2.24) is 4.90 Å². The fraction of sp³-hybridized carbons (Fsp3) is 0.800. The van der Waals surface area contributed by atoms with Crippen LogP contribution in [-0.2, 0) is 14.3 Å². The summed E-state index contributed by atoms with van der Waals surface area (Å²) in [6.45, 7) is 2.62. The van der Waals surface area contributed by atoms with Crippen molar-refractivity contribution in [2.45, 2.75) is 25.3 Å². The van der Waals surface area contributed by atoms with Crippen molar-refractivity contribution in [2.24, 2.45) is 5.73 Å². The molecule has 0 aromatic carbocycles. The van der Waals surface area contributed by atoms with Gasteiger partial charge in [-0.15, -0.1) is 0 Å². The van der Waals surface area contributed by atoms with Crippen LogP contribution in [0.5, 0.6) is 0 Å². The first-order chi connectivity index (χ1) is 7.49. The van der Waals surface area contributed by atoms with Gasteiger partial charge in [-0.3, -0.25) is 9.59 Å². The van der Waals surface area contributed by atoms with E-state index in [9.17, 15) is 9.59 Å². The lowest BCUT2D eigenvalue weighted by Gasteiger charge is -2.29. The Morgan fingerprint density at radius 1 is 1.56 bits per heavy atom. The van der Waals surface area contributed by atoms with E-state index >= 15 is 0 Å². The second kappa shape index (κ2) is 5.27. The van der Waals surface area contributed by atoms with Gasteiger partial charge in [-0.25, -0.2) is 0 Å². The largest absolute Gasteiger partial charge is 0.480 e. The maximum Gasteiger partial charge on any atom is 0.323 e. The number of nitrogens with zero attached hydrogens (tertiary/aromatic N) is 1. The molecule has 1 aliphatic heterocycles. The predicted octanol–water partition coefficient (Wildman–Crippen LogP) is -0.573. The first kappa shape index (κ1) is 12.9. The van der Waals surface area contributed by atoms with Crippen molar-refractivity contribution in [2.75, 3.05) is 26.3 Å². The molecule has 0 saturated carbocycles. The van der Waals surface area contributed by atoms with Gasteiger partial charge in [0.25, 0.3) is 0 Å². The Bertz CT molecular complexity index is 274. The Labute approximate surface area is 94.3 Å². The summed E-state index contributed by atoms with van der Waals surface area (Å²) in [5.41, 5.74) is 4.86. The van der Waals surface area contributed by atoms with Gasteiger partial charge in [0.05, 0.1) is 6.61 Å². The maximum atomic E-state index is 12.1. The van der Waals surface area contributed by atoms with Crippen LogP contribution in [0.3, 0.4) is 0 Å². The number of carbonyl (C=O) groups is 2. The zero-order valence-corrected chi connectivity index (χ0v) is 9.44. The van der Waals surface area contributed by atoms with Crippen LogP contribution in [0.2, 0.25) is 0 Å². The average Bonchev–Trinajstić information content (AvgIpc) is 2.64. The van der Waals surface area contributed by atoms with Crippen LogP contribution in [0.1, 0.15) is 19.8 Å². The monoisotopic (exact) mass is 230 g/mol. The molecular weight excluding hydrogens is 212 g/mol. The van der Waals surface area contributed by atoms with Crippen molar-refractivity contribution in [3.05, 3.63) is 0 Å². The second-order valence-electron chi connectivity index (χ2n) is 4.08. The summed E-state index contributed by atoms with van der Waals surface area (Å²) in [6.07, 6.45) is 1.15. The van der Waals surface area contributed by atoms with Gasteiger partial charge in [0.1, 0.15) is 12.1 Å². The van der Waals surface area contributed by atoms with Gasteiger partial charge in [0, 0.05) is 13.2 Å². The number of hydrogen-bond donors (Lipinski definition) is 2.